The molecule has 0 saturated heterocycles. The molecular formula is C8H4BrF4NO. The smallest absolute Gasteiger partial charge is 0.366 e. The van der Waals surface area contributed by atoms with E-state index in [9.17, 15) is 22.4 Å². The van der Waals surface area contributed by atoms with Gasteiger partial charge >= 0.3 is 6.18 Å². The molecule has 0 heterocycles. The Balaban J connectivity index is 3.60. The Morgan fingerprint density at radius 3 is 2.20 bits per heavy atom. The van der Waals surface area contributed by atoms with Crippen LogP contribution in [-0.2, 0) is 6.18 Å². The van der Waals surface area contributed by atoms with E-state index in [1.807, 2.05) is 0 Å². The molecule has 0 unspecified atom stereocenters. The molecule has 2 nitrogen and oxygen atoms in total. The van der Waals surface area contributed by atoms with Gasteiger partial charge in [0.15, 0.2) is 0 Å². The van der Waals surface area contributed by atoms with Crippen molar-refractivity contribution in [3.63, 3.8) is 0 Å². The van der Waals surface area contributed by atoms with E-state index in [0.717, 1.165) is 6.07 Å². The van der Waals surface area contributed by atoms with Crippen LogP contribution < -0.4 is 5.73 Å². The summed E-state index contributed by atoms with van der Waals surface area (Å²) in [6, 6.07) is 1.60. The van der Waals surface area contributed by atoms with Crippen LogP contribution in [0.3, 0.4) is 0 Å². The molecular weight excluding hydrogens is 282 g/mol. The average molecular weight is 286 g/mol. The van der Waals surface area contributed by atoms with Gasteiger partial charge in [-0.25, -0.2) is 4.39 Å². The van der Waals surface area contributed by atoms with Crippen LogP contribution in [0.1, 0.15) is 15.9 Å². The van der Waals surface area contributed by atoms with E-state index in [1.165, 1.54) is 0 Å². The minimum absolute atomic E-state index is 0.191. The van der Waals surface area contributed by atoms with Crippen LogP contribution >= 0.6 is 15.9 Å². The number of amides is 1. The lowest BCUT2D eigenvalue weighted by Gasteiger charge is -2.12. The first-order chi connectivity index (χ1) is 6.75. The van der Waals surface area contributed by atoms with Gasteiger partial charge in [-0.1, -0.05) is 0 Å². The first-order valence-electron chi connectivity index (χ1n) is 3.60. The fraction of sp³-hybridized carbons (Fsp3) is 0.125. The van der Waals surface area contributed by atoms with Gasteiger partial charge < -0.3 is 5.73 Å². The van der Waals surface area contributed by atoms with Crippen molar-refractivity contribution in [2.75, 3.05) is 0 Å². The van der Waals surface area contributed by atoms with Crippen molar-refractivity contribution >= 4 is 21.8 Å². The predicted octanol–water partition coefficient (Wildman–Crippen LogP) is 2.71. The second kappa shape index (κ2) is 3.80. The third-order valence-corrected chi connectivity index (χ3v) is 2.29. The topological polar surface area (TPSA) is 43.1 Å². The monoisotopic (exact) mass is 285 g/mol. The molecule has 82 valence electrons. The minimum atomic E-state index is -4.96. The summed E-state index contributed by atoms with van der Waals surface area (Å²) in [5.41, 5.74) is 2.20. The van der Waals surface area contributed by atoms with Gasteiger partial charge in [0, 0.05) is 4.47 Å². The van der Waals surface area contributed by atoms with E-state index in [-0.39, 0.29) is 4.47 Å². The van der Waals surface area contributed by atoms with Crippen molar-refractivity contribution in [3.8, 4) is 0 Å². The largest absolute Gasteiger partial charge is 0.420 e. The molecule has 7 heteroatoms. The van der Waals surface area contributed by atoms with Gasteiger partial charge in [-0.3, -0.25) is 4.79 Å². The highest BCUT2D eigenvalue weighted by atomic mass is 79.9. The van der Waals surface area contributed by atoms with Crippen LogP contribution in [-0.4, -0.2) is 5.91 Å². The quantitative estimate of drug-likeness (QED) is 0.792. The van der Waals surface area contributed by atoms with Gasteiger partial charge in [-0.15, -0.1) is 0 Å². The Morgan fingerprint density at radius 2 is 1.87 bits per heavy atom. The zero-order valence-electron chi connectivity index (χ0n) is 7.03. The Morgan fingerprint density at radius 1 is 1.33 bits per heavy atom. The van der Waals surface area contributed by atoms with Gasteiger partial charge in [0.05, 0.1) is 5.56 Å². The van der Waals surface area contributed by atoms with Crippen molar-refractivity contribution in [1.82, 2.24) is 0 Å². The summed E-state index contributed by atoms with van der Waals surface area (Å²) in [6.07, 6.45) is -4.96. The highest BCUT2D eigenvalue weighted by molar-refractivity contribution is 9.10. The zero-order valence-corrected chi connectivity index (χ0v) is 8.62. The van der Waals surface area contributed by atoms with Crippen molar-refractivity contribution in [1.29, 1.82) is 0 Å². The van der Waals surface area contributed by atoms with Gasteiger partial charge in [0.2, 0.25) is 0 Å². The summed E-state index contributed by atoms with van der Waals surface area (Å²) < 4.78 is 49.9. The number of nitrogens with two attached hydrogens (primary N) is 1. The lowest BCUT2D eigenvalue weighted by atomic mass is 10.1. The lowest BCUT2D eigenvalue weighted by Crippen LogP contribution is -2.21. The first kappa shape index (κ1) is 12.0. The minimum Gasteiger partial charge on any atom is -0.366 e. The standard InChI is InChI=1S/C8H4BrF4NO/c9-3-1-2-4(10)6(8(11,12)13)5(3)7(14)15/h1-2H,(H2,14,15). The van der Waals surface area contributed by atoms with E-state index < -0.39 is 29.0 Å². The molecule has 0 spiro atoms. The Bertz CT molecular complexity index is 416. The van der Waals surface area contributed by atoms with Crippen LogP contribution in [0.4, 0.5) is 17.6 Å². The van der Waals surface area contributed by atoms with Crippen molar-refractivity contribution in [3.05, 3.63) is 33.5 Å². The maximum absolute atomic E-state index is 12.9. The van der Waals surface area contributed by atoms with E-state index >= 15 is 0 Å². The van der Waals surface area contributed by atoms with Crippen LogP contribution in [0.5, 0.6) is 0 Å². The molecule has 1 amide bonds. The van der Waals surface area contributed by atoms with Crippen LogP contribution in [0.2, 0.25) is 0 Å². The molecule has 0 aliphatic carbocycles. The second-order valence-corrected chi connectivity index (χ2v) is 3.50. The number of carbonyl (C=O) groups is 1. The molecule has 0 saturated carbocycles. The molecule has 0 fully saturated rings. The third kappa shape index (κ3) is 2.28. The third-order valence-electron chi connectivity index (χ3n) is 1.63. The zero-order chi connectivity index (χ0) is 11.8. The molecule has 0 atom stereocenters. The summed E-state index contributed by atoms with van der Waals surface area (Å²) in [5.74, 6) is -2.87. The number of halogens is 5. The Kier molecular flexibility index (Phi) is 3.03. The summed E-state index contributed by atoms with van der Waals surface area (Å²) in [5, 5.41) is 0. The maximum atomic E-state index is 12.9. The molecule has 2 N–H and O–H groups in total. The molecule has 1 rings (SSSR count). The molecule has 0 aromatic heterocycles. The van der Waals surface area contributed by atoms with Crippen molar-refractivity contribution in [2.45, 2.75) is 6.18 Å². The number of alkyl halides is 3. The van der Waals surface area contributed by atoms with Crippen LogP contribution in [0, 0.1) is 5.82 Å². The molecule has 1 aromatic carbocycles. The molecule has 0 aliphatic heterocycles. The average Bonchev–Trinajstić information content (AvgIpc) is 2.05. The summed E-state index contributed by atoms with van der Waals surface area (Å²) in [6.45, 7) is 0. The van der Waals surface area contributed by atoms with E-state index in [1.54, 1.807) is 0 Å². The fourth-order valence-corrected chi connectivity index (χ4v) is 1.60. The summed E-state index contributed by atoms with van der Waals surface area (Å²) in [7, 11) is 0. The number of hydrogen-bond donors (Lipinski definition) is 1. The molecule has 0 radical (unpaired) electrons. The summed E-state index contributed by atoms with van der Waals surface area (Å²) in [4.78, 5) is 10.8. The van der Waals surface area contributed by atoms with E-state index in [2.05, 4.69) is 15.9 Å². The molecule has 1 aromatic rings. The SMILES string of the molecule is NC(=O)c1c(Br)ccc(F)c1C(F)(F)F. The lowest BCUT2D eigenvalue weighted by molar-refractivity contribution is -0.140. The fourth-order valence-electron chi connectivity index (χ4n) is 1.07. The maximum Gasteiger partial charge on any atom is 0.420 e. The van der Waals surface area contributed by atoms with Gasteiger partial charge in [0.1, 0.15) is 11.4 Å². The summed E-state index contributed by atoms with van der Waals surface area (Å²) >= 11 is 2.71. The van der Waals surface area contributed by atoms with Gasteiger partial charge in [-0.05, 0) is 28.1 Å². The van der Waals surface area contributed by atoms with E-state index in [0.29, 0.717) is 6.07 Å². The predicted molar refractivity (Wildman–Crippen MR) is 47.6 cm³/mol. The second-order valence-electron chi connectivity index (χ2n) is 2.64. The van der Waals surface area contributed by atoms with Gasteiger partial charge in [0.25, 0.3) is 5.91 Å². The Hall–Kier alpha value is -1.11. The Labute approximate surface area is 90.2 Å². The first-order valence-corrected chi connectivity index (χ1v) is 4.39. The molecule has 0 aliphatic rings. The number of rotatable bonds is 1. The van der Waals surface area contributed by atoms with Gasteiger partial charge in [-0.2, -0.15) is 13.2 Å². The number of primary amides is 1. The number of hydrogen-bond acceptors (Lipinski definition) is 1. The van der Waals surface area contributed by atoms with E-state index in [4.69, 9.17) is 5.73 Å². The molecule has 15 heavy (non-hydrogen) atoms. The highest BCUT2D eigenvalue weighted by Gasteiger charge is 2.39. The van der Waals surface area contributed by atoms with Crippen molar-refractivity contribution < 1.29 is 22.4 Å². The van der Waals surface area contributed by atoms with Crippen molar-refractivity contribution in [2.24, 2.45) is 5.73 Å². The normalized spacial score (nSPS) is 11.5. The number of carbonyl (C=O) groups excluding carboxylic acids is 1. The van der Waals surface area contributed by atoms with Crippen LogP contribution in [0.15, 0.2) is 16.6 Å². The van der Waals surface area contributed by atoms with Crippen LogP contribution in [0.25, 0.3) is 0 Å². The highest BCUT2D eigenvalue weighted by Crippen LogP contribution is 2.36. The molecule has 0 bridgehead atoms. The number of benzene rings is 1.